The fourth-order valence-corrected chi connectivity index (χ4v) is 3.36. The van der Waals surface area contributed by atoms with Crippen LogP contribution in [-0.2, 0) is 9.53 Å². The number of carbonyl (C=O) groups excluding carboxylic acids is 1. The summed E-state index contributed by atoms with van der Waals surface area (Å²) in [5.41, 5.74) is 0. The first kappa shape index (κ1) is 9.49. The number of aliphatic hydroxyl groups excluding tert-OH is 1. The van der Waals surface area contributed by atoms with E-state index in [1.54, 1.807) is 11.8 Å². The minimum absolute atomic E-state index is 0.271. The van der Waals surface area contributed by atoms with Gasteiger partial charge in [-0.25, -0.2) is 0 Å². The molecule has 0 saturated carbocycles. The van der Waals surface area contributed by atoms with E-state index in [1.165, 1.54) is 0 Å². The van der Waals surface area contributed by atoms with Gasteiger partial charge in [0.25, 0.3) is 0 Å². The van der Waals surface area contributed by atoms with Gasteiger partial charge in [-0.1, -0.05) is 0 Å². The van der Waals surface area contributed by atoms with Crippen LogP contribution in [0.1, 0.15) is 25.7 Å². The Labute approximate surface area is 81.8 Å². The van der Waals surface area contributed by atoms with E-state index in [9.17, 15) is 9.90 Å². The molecule has 0 amide bonds. The van der Waals surface area contributed by atoms with Crippen LogP contribution in [0.4, 0.5) is 0 Å². The molecule has 0 radical (unpaired) electrons. The van der Waals surface area contributed by atoms with Crippen molar-refractivity contribution in [2.24, 2.45) is 0 Å². The lowest BCUT2D eigenvalue weighted by atomic mass is 9.99. The van der Waals surface area contributed by atoms with Crippen LogP contribution in [0.2, 0.25) is 0 Å². The Kier molecular flexibility index (Phi) is 2.62. The van der Waals surface area contributed by atoms with Crippen molar-refractivity contribution in [2.75, 3.05) is 12.4 Å². The fourth-order valence-electron chi connectivity index (χ4n) is 1.92. The van der Waals surface area contributed by atoms with Gasteiger partial charge in [-0.15, -0.1) is 11.8 Å². The van der Waals surface area contributed by atoms with Gasteiger partial charge in [-0.05, 0) is 6.42 Å². The molecule has 0 aliphatic carbocycles. The van der Waals surface area contributed by atoms with E-state index < -0.39 is 0 Å². The molecule has 4 heteroatoms. The molecule has 2 atom stereocenters. The number of carbonyl (C=O) groups is 1. The first-order valence-electron chi connectivity index (χ1n) is 4.68. The smallest absolute Gasteiger partial charge is 0.137 e. The minimum Gasteiger partial charge on any atom is -0.393 e. The highest BCUT2D eigenvalue weighted by Crippen LogP contribution is 2.42. The maximum absolute atomic E-state index is 11.3. The van der Waals surface area contributed by atoms with Crippen molar-refractivity contribution in [3.63, 3.8) is 0 Å². The Morgan fingerprint density at radius 3 is 3.15 bits per heavy atom. The number of aliphatic hydroxyl groups is 1. The van der Waals surface area contributed by atoms with Crippen molar-refractivity contribution in [3.05, 3.63) is 0 Å². The summed E-state index contributed by atoms with van der Waals surface area (Å²) in [5.74, 6) is 1.11. The second-order valence-electron chi connectivity index (χ2n) is 3.72. The average molecular weight is 202 g/mol. The normalized spacial score (nSPS) is 41.0. The van der Waals surface area contributed by atoms with Crippen LogP contribution in [0, 0.1) is 0 Å². The van der Waals surface area contributed by atoms with Crippen LogP contribution in [0.3, 0.4) is 0 Å². The highest BCUT2D eigenvalue weighted by Gasteiger charge is 2.41. The Morgan fingerprint density at radius 2 is 2.46 bits per heavy atom. The number of rotatable bonds is 0. The van der Waals surface area contributed by atoms with Crippen molar-refractivity contribution in [1.82, 2.24) is 0 Å². The first-order valence-corrected chi connectivity index (χ1v) is 5.66. The fraction of sp³-hybridized carbons (Fsp3) is 0.889. The lowest BCUT2D eigenvalue weighted by molar-refractivity contribution is -0.127. The van der Waals surface area contributed by atoms with E-state index in [4.69, 9.17) is 4.74 Å². The Hall–Kier alpha value is -0.0600. The van der Waals surface area contributed by atoms with Crippen molar-refractivity contribution >= 4 is 17.5 Å². The zero-order valence-corrected chi connectivity index (χ0v) is 8.31. The number of ketones is 1. The molecular formula is C9H14O3S. The third-order valence-electron chi connectivity index (χ3n) is 2.58. The Bertz CT molecular complexity index is 215. The third kappa shape index (κ3) is 2.06. The molecule has 3 nitrogen and oxygen atoms in total. The van der Waals surface area contributed by atoms with Gasteiger partial charge in [0.2, 0.25) is 0 Å². The van der Waals surface area contributed by atoms with Crippen molar-refractivity contribution in [3.8, 4) is 0 Å². The molecule has 2 aliphatic heterocycles. The predicted molar refractivity (Wildman–Crippen MR) is 50.6 cm³/mol. The van der Waals surface area contributed by atoms with Gasteiger partial charge in [-0.2, -0.15) is 0 Å². The predicted octanol–water partition coefficient (Wildman–Crippen LogP) is 0.950. The van der Waals surface area contributed by atoms with Gasteiger partial charge in [0.05, 0.1) is 12.7 Å². The van der Waals surface area contributed by atoms with Gasteiger partial charge in [0.15, 0.2) is 0 Å². The topological polar surface area (TPSA) is 46.5 Å². The SMILES string of the molecule is O=C1CCS[C@@]2(C1)C[C@H](O)CCO2. The molecule has 0 bridgehead atoms. The summed E-state index contributed by atoms with van der Waals surface area (Å²) < 4.78 is 5.63. The van der Waals surface area contributed by atoms with Crippen LogP contribution >= 0.6 is 11.8 Å². The molecule has 2 heterocycles. The van der Waals surface area contributed by atoms with Gasteiger partial charge >= 0.3 is 0 Å². The average Bonchev–Trinajstić information content (AvgIpc) is 2.02. The molecule has 0 aromatic carbocycles. The van der Waals surface area contributed by atoms with E-state index in [-0.39, 0.29) is 16.8 Å². The van der Waals surface area contributed by atoms with Crippen molar-refractivity contribution < 1.29 is 14.6 Å². The number of hydrogen-bond acceptors (Lipinski definition) is 4. The molecule has 2 rings (SSSR count). The van der Waals surface area contributed by atoms with Crippen LogP contribution < -0.4 is 0 Å². The van der Waals surface area contributed by atoms with Gasteiger partial charge in [0, 0.05) is 25.0 Å². The molecule has 0 aromatic rings. The third-order valence-corrected chi connectivity index (χ3v) is 3.94. The standard InChI is InChI=1S/C9H14O3S/c10-7-1-3-12-9(5-7)6-8(11)2-4-13-9/h7,10H,1-6H2/t7-,9-/m1/s1. The lowest BCUT2D eigenvalue weighted by Crippen LogP contribution is -2.43. The number of Topliss-reactive ketones (excluding diaryl/α,β-unsaturated/α-hetero) is 1. The summed E-state index contributed by atoms with van der Waals surface area (Å²) in [6, 6.07) is 0. The van der Waals surface area contributed by atoms with Gasteiger partial charge in [0.1, 0.15) is 10.7 Å². The summed E-state index contributed by atoms with van der Waals surface area (Å²) >= 11 is 1.69. The molecule has 1 N–H and O–H groups in total. The monoisotopic (exact) mass is 202 g/mol. The molecular weight excluding hydrogens is 188 g/mol. The second-order valence-corrected chi connectivity index (χ2v) is 5.16. The summed E-state index contributed by atoms with van der Waals surface area (Å²) in [6.45, 7) is 0.585. The molecule has 2 saturated heterocycles. The van der Waals surface area contributed by atoms with Crippen LogP contribution in [0.5, 0.6) is 0 Å². The molecule has 0 aromatic heterocycles. The molecule has 2 aliphatic rings. The van der Waals surface area contributed by atoms with Crippen molar-refractivity contribution in [2.45, 2.75) is 36.7 Å². The van der Waals surface area contributed by atoms with Crippen LogP contribution in [0.15, 0.2) is 0 Å². The maximum Gasteiger partial charge on any atom is 0.137 e. The van der Waals surface area contributed by atoms with E-state index in [0.717, 1.165) is 5.75 Å². The van der Waals surface area contributed by atoms with E-state index in [2.05, 4.69) is 0 Å². The lowest BCUT2D eigenvalue weighted by Gasteiger charge is -2.40. The zero-order valence-electron chi connectivity index (χ0n) is 7.49. The minimum atomic E-state index is -0.382. The molecule has 0 unspecified atom stereocenters. The maximum atomic E-state index is 11.3. The van der Waals surface area contributed by atoms with E-state index in [0.29, 0.717) is 32.3 Å². The Balaban J connectivity index is 2.04. The van der Waals surface area contributed by atoms with Crippen LogP contribution in [0.25, 0.3) is 0 Å². The number of hydrogen-bond donors (Lipinski definition) is 1. The summed E-state index contributed by atoms with van der Waals surface area (Å²) in [5, 5.41) is 9.51. The summed E-state index contributed by atoms with van der Waals surface area (Å²) in [4.78, 5) is 10.9. The highest BCUT2D eigenvalue weighted by molar-refractivity contribution is 8.00. The zero-order chi connectivity index (χ0) is 9.31. The van der Waals surface area contributed by atoms with E-state index in [1.807, 2.05) is 0 Å². The number of ether oxygens (including phenoxy) is 1. The Morgan fingerprint density at radius 1 is 1.62 bits per heavy atom. The van der Waals surface area contributed by atoms with E-state index >= 15 is 0 Å². The largest absolute Gasteiger partial charge is 0.393 e. The number of thioether (sulfide) groups is 1. The highest BCUT2D eigenvalue weighted by atomic mass is 32.2. The molecule has 1 spiro atoms. The molecule has 74 valence electrons. The summed E-state index contributed by atoms with van der Waals surface area (Å²) in [7, 11) is 0. The van der Waals surface area contributed by atoms with Gasteiger partial charge in [-0.3, -0.25) is 4.79 Å². The summed E-state index contributed by atoms with van der Waals surface area (Å²) in [6.07, 6.45) is 2.17. The van der Waals surface area contributed by atoms with Gasteiger partial charge < -0.3 is 9.84 Å². The van der Waals surface area contributed by atoms with Crippen molar-refractivity contribution in [1.29, 1.82) is 0 Å². The first-order chi connectivity index (χ1) is 6.20. The molecule has 13 heavy (non-hydrogen) atoms. The quantitative estimate of drug-likeness (QED) is 0.635. The molecule has 2 fully saturated rings. The second kappa shape index (κ2) is 3.59. The van der Waals surface area contributed by atoms with Crippen LogP contribution in [-0.4, -0.2) is 34.3 Å².